The molecule has 27 heavy (non-hydrogen) atoms. The van der Waals surface area contributed by atoms with Gasteiger partial charge in [-0.05, 0) is 60.2 Å². The Hall–Kier alpha value is -1.06. The topological polar surface area (TPSA) is 40.6 Å². The molecule has 0 aromatic carbocycles. The highest BCUT2D eigenvalue weighted by molar-refractivity contribution is 5.97. The summed E-state index contributed by atoms with van der Waals surface area (Å²) in [4.78, 5) is 30.3. The number of amides is 2. The lowest BCUT2D eigenvalue weighted by molar-refractivity contribution is -0.141. The van der Waals surface area contributed by atoms with Gasteiger partial charge >= 0.3 is 0 Å². The van der Waals surface area contributed by atoms with Crippen LogP contribution in [0.5, 0.6) is 0 Å². The molecule has 4 aliphatic rings. The number of likely N-dealkylation sites (tertiary alicyclic amines) is 2. The molecule has 0 aromatic heterocycles. The summed E-state index contributed by atoms with van der Waals surface area (Å²) in [5.74, 6) is 0.134. The molecule has 0 aromatic rings. The van der Waals surface area contributed by atoms with Crippen molar-refractivity contribution in [3.05, 3.63) is 0 Å². The van der Waals surface area contributed by atoms with E-state index < -0.39 is 0 Å². The molecule has 4 fully saturated rings. The Kier molecular flexibility index (Phi) is 4.09. The molecule has 4 atom stereocenters. The molecule has 2 aliphatic heterocycles. The second-order valence-electron chi connectivity index (χ2n) is 12.6. The van der Waals surface area contributed by atoms with Crippen LogP contribution in [0.4, 0.5) is 0 Å². The molecule has 4 bridgehead atoms. The number of rotatable bonds is 2. The van der Waals surface area contributed by atoms with Crippen LogP contribution < -0.4 is 0 Å². The normalized spacial score (nSPS) is 41.7. The van der Waals surface area contributed by atoms with Crippen LogP contribution in [0, 0.1) is 21.7 Å². The van der Waals surface area contributed by atoms with Crippen molar-refractivity contribution in [1.29, 1.82) is 0 Å². The zero-order chi connectivity index (χ0) is 19.8. The molecule has 0 N–H and O–H groups in total. The first-order valence-corrected chi connectivity index (χ1v) is 10.9. The Morgan fingerprint density at radius 3 is 1.44 bits per heavy atom. The van der Waals surface area contributed by atoms with E-state index in [1.165, 1.54) is 12.8 Å². The number of hydrogen-bond acceptors (Lipinski definition) is 2. The summed E-state index contributed by atoms with van der Waals surface area (Å²) in [6, 6.07) is 0.654. The van der Waals surface area contributed by atoms with Gasteiger partial charge in [-0.2, -0.15) is 0 Å². The first-order chi connectivity index (χ1) is 12.3. The van der Waals surface area contributed by atoms with Gasteiger partial charge in [-0.15, -0.1) is 0 Å². The minimum absolute atomic E-state index is 0.0669. The highest BCUT2D eigenvalue weighted by Crippen LogP contribution is 2.54. The molecular weight excluding hydrogens is 336 g/mol. The fourth-order valence-corrected chi connectivity index (χ4v) is 7.84. The van der Waals surface area contributed by atoms with Crippen LogP contribution >= 0.6 is 0 Å². The Morgan fingerprint density at radius 2 is 1.07 bits per heavy atom. The third kappa shape index (κ3) is 3.53. The van der Waals surface area contributed by atoms with Crippen molar-refractivity contribution in [3.8, 4) is 0 Å². The van der Waals surface area contributed by atoms with Gasteiger partial charge < -0.3 is 9.80 Å². The van der Waals surface area contributed by atoms with Gasteiger partial charge in [0.1, 0.15) is 6.42 Å². The average Bonchev–Trinajstić information content (AvgIpc) is 2.86. The van der Waals surface area contributed by atoms with Gasteiger partial charge in [0.2, 0.25) is 11.8 Å². The molecule has 2 heterocycles. The minimum Gasteiger partial charge on any atom is -0.339 e. The molecule has 0 radical (unpaired) electrons. The molecule has 2 saturated heterocycles. The van der Waals surface area contributed by atoms with Crippen LogP contribution in [0.1, 0.15) is 86.5 Å². The zero-order valence-corrected chi connectivity index (χ0v) is 18.2. The van der Waals surface area contributed by atoms with Crippen LogP contribution in [0.3, 0.4) is 0 Å². The Labute approximate surface area is 165 Å². The van der Waals surface area contributed by atoms with Crippen molar-refractivity contribution >= 4 is 11.8 Å². The maximum Gasteiger partial charge on any atom is 0.232 e. The molecule has 4 nitrogen and oxygen atoms in total. The van der Waals surface area contributed by atoms with E-state index in [0.717, 1.165) is 38.8 Å². The van der Waals surface area contributed by atoms with Crippen molar-refractivity contribution < 1.29 is 9.59 Å². The third-order valence-corrected chi connectivity index (χ3v) is 7.77. The van der Waals surface area contributed by atoms with E-state index in [2.05, 4.69) is 51.3 Å². The molecule has 0 spiro atoms. The third-order valence-electron chi connectivity index (χ3n) is 7.77. The van der Waals surface area contributed by atoms with E-state index in [0.29, 0.717) is 22.9 Å². The highest BCUT2D eigenvalue weighted by atomic mass is 16.2. The number of nitrogens with zero attached hydrogens (tertiary/aromatic N) is 2. The largest absolute Gasteiger partial charge is 0.339 e. The molecule has 0 unspecified atom stereocenters. The van der Waals surface area contributed by atoms with E-state index in [1.807, 2.05) is 0 Å². The Morgan fingerprint density at radius 1 is 0.704 bits per heavy atom. The fourth-order valence-electron chi connectivity index (χ4n) is 7.84. The zero-order valence-electron chi connectivity index (χ0n) is 18.2. The molecule has 152 valence electrons. The maximum absolute atomic E-state index is 13.1. The highest BCUT2D eigenvalue weighted by Gasteiger charge is 2.53. The summed E-state index contributed by atoms with van der Waals surface area (Å²) in [5, 5.41) is 0. The van der Waals surface area contributed by atoms with Crippen LogP contribution in [0.2, 0.25) is 0 Å². The van der Waals surface area contributed by atoms with Gasteiger partial charge in [0, 0.05) is 25.2 Å². The van der Waals surface area contributed by atoms with Gasteiger partial charge in [0.25, 0.3) is 0 Å². The summed E-state index contributed by atoms with van der Waals surface area (Å²) in [6.45, 7) is 15.6. The number of hydrogen-bond donors (Lipinski definition) is 0. The van der Waals surface area contributed by atoms with Crippen molar-refractivity contribution in [1.82, 2.24) is 9.80 Å². The van der Waals surface area contributed by atoms with Gasteiger partial charge in [-0.25, -0.2) is 0 Å². The lowest BCUT2D eigenvalue weighted by atomic mass is 9.65. The quantitative estimate of drug-likeness (QED) is 0.679. The molecule has 4 heteroatoms. The summed E-state index contributed by atoms with van der Waals surface area (Å²) < 4.78 is 0. The van der Waals surface area contributed by atoms with E-state index >= 15 is 0 Å². The smallest absolute Gasteiger partial charge is 0.232 e. The minimum atomic E-state index is 0.0669. The lowest BCUT2D eigenvalue weighted by Crippen LogP contribution is -2.42. The SMILES string of the molecule is CC1(C)C[C@@H]2C[C@@](C)(CN2C(=O)CC(=O)N2C[C@@]3(C)C[C@H]2CC(C)(C)C3)C1. The van der Waals surface area contributed by atoms with Crippen LogP contribution in [0.15, 0.2) is 0 Å². The molecular formula is C23H38N2O2. The molecule has 2 amide bonds. The summed E-state index contributed by atoms with van der Waals surface area (Å²) in [7, 11) is 0. The summed E-state index contributed by atoms with van der Waals surface area (Å²) in [6.07, 6.45) is 6.78. The van der Waals surface area contributed by atoms with Crippen molar-refractivity contribution in [2.75, 3.05) is 13.1 Å². The summed E-state index contributed by atoms with van der Waals surface area (Å²) in [5.41, 5.74) is 1.05. The van der Waals surface area contributed by atoms with Gasteiger partial charge in [0.05, 0.1) is 0 Å². The maximum atomic E-state index is 13.1. The summed E-state index contributed by atoms with van der Waals surface area (Å²) >= 11 is 0. The average molecular weight is 375 g/mol. The predicted octanol–water partition coefficient (Wildman–Crippen LogP) is 4.23. The van der Waals surface area contributed by atoms with Crippen molar-refractivity contribution in [3.63, 3.8) is 0 Å². The monoisotopic (exact) mass is 374 g/mol. The Balaban J connectivity index is 1.43. The second kappa shape index (κ2) is 5.73. The van der Waals surface area contributed by atoms with Gasteiger partial charge in [0.15, 0.2) is 0 Å². The second-order valence-corrected chi connectivity index (χ2v) is 12.6. The van der Waals surface area contributed by atoms with E-state index in [4.69, 9.17) is 0 Å². The van der Waals surface area contributed by atoms with Crippen molar-refractivity contribution in [2.24, 2.45) is 21.7 Å². The number of carbonyl (C=O) groups is 2. The first-order valence-electron chi connectivity index (χ1n) is 10.9. The molecule has 4 rings (SSSR count). The van der Waals surface area contributed by atoms with Crippen LogP contribution in [0.25, 0.3) is 0 Å². The Bertz CT molecular complexity index is 613. The van der Waals surface area contributed by atoms with Gasteiger partial charge in [-0.1, -0.05) is 41.5 Å². The van der Waals surface area contributed by atoms with E-state index in [-0.39, 0.29) is 29.1 Å². The fraction of sp³-hybridized carbons (Fsp3) is 0.913. The van der Waals surface area contributed by atoms with E-state index in [1.54, 1.807) is 0 Å². The molecule has 2 saturated carbocycles. The number of carbonyl (C=O) groups excluding carboxylic acids is 2. The number of fused-ring (bicyclic) bond motifs is 4. The van der Waals surface area contributed by atoms with E-state index in [9.17, 15) is 9.59 Å². The predicted molar refractivity (Wildman–Crippen MR) is 107 cm³/mol. The van der Waals surface area contributed by atoms with Crippen molar-refractivity contribution in [2.45, 2.75) is 98.6 Å². The molecule has 2 aliphatic carbocycles. The van der Waals surface area contributed by atoms with Crippen LogP contribution in [-0.2, 0) is 9.59 Å². The standard InChI is InChI=1S/C23H38N2O2/c1-20(2)8-16-10-22(5,12-20)14-24(16)18(26)7-19(27)25-15-23(6)11-17(25)9-21(3,4)13-23/h16-17H,7-15H2,1-6H3/t16-,17-,22-,23+/m1/s1. The van der Waals surface area contributed by atoms with Crippen LogP contribution in [-0.4, -0.2) is 46.8 Å². The lowest BCUT2D eigenvalue weighted by Gasteiger charge is -2.39. The van der Waals surface area contributed by atoms with Gasteiger partial charge in [-0.3, -0.25) is 9.59 Å². The first kappa shape index (κ1) is 19.3.